The van der Waals surface area contributed by atoms with Crippen molar-refractivity contribution < 1.29 is 9.53 Å². The Hall–Kier alpha value is -2.50. The number of amides is 2. The van der Waals surface area contributed by atoms with Gasteiger partial charge in [0.05, 0.1) is 7.11 Å². The first-order valence-corrected chi connectivity index (χ1v) is 8.75. The third kappa shape index (κ3) is 3.95. The minimum Gasteiger partial charge on any atom is -0.497 e. The zero-order valence-corrected chi connectivity index (χ0v) is 15.1. The van der Waals surface area contributed by atoms with Crippen LogP contribution in [-0.4, -0.2) is 40.7 Å². The van der Waals surface area contributed by atoms with Crippen molar-refractivity contribution in [2.75, 3.05) is 20.2 Å². The number of piperidine rings is 1. The van der Waals surface area contributed by atoms with E-state index in [1.54, 1.807) is 13.3 Å². The number of rotatable bonds is 4. The van der Waals surface area contributed by atoms with Crippen LogP contribution >= 0.6 is 0 Å². The molecule has 2 atom stereocenters. The molecule has 1 N–H and O–H groups in total. The highest BCUT2D eigenvalue weighted by molar-refractivity contribution is 5.75. The maximum absolute atomic E-state index is 12.8. The van der Waals surface area contributed by atoms with Crippen LogP contribution in [0.25, 0.3) is 0 Å². The summed E-state index contributed by atoms with van der Waals surface area (Å²) in [4.78, 5) is 19.2. The monoisotopic (exact) mass is 342 g/mol. The molecule has 6 heteroatoms. The Balaban J connectivity index is 1.83. The summed E-state index contributed by atoms with van der Waals surface area (Å²) in [6, 6.07) is 7.42. The number of carbonyl (C=O) groups excluding carboxylic acids is 1. The number of hydrogen-bond acceptors (Lipinski definition) is 3. The SMILES string of the molecule is COc1ccc(C(NC(=O)N2CCCC(C)C2)c2nccn2C)cc1. The Morgan fingerprint density at radius 3 is 2.72 bits per heavy atom. The molecule has 1 aromatic carbocycles. The molecule has 3 rings (SSSR count). The van der Waals surface area contributed by atoms with Gasteiger partial charge in [-0.15, -0.1) is 0 Å². The van der Waals surface area contributed by atoms with Gasteiger partial charge in [0.2, 0.25) is 0 Å². The van der Waals surface area contributed by atoms with Crippen molar-refractivity contribution in [1.82, 2.24) is 19.8 Å². The van der Waals surface area contributed by atoms with Crippen LogP contribution in [-0.2, 0) is 7.05 Å². The van der Waals surface area contributed by atoms with Crippen molar-refractivity contribution in [3.8, 4) is 5.75 Å². The van der Waals surface area contributed by atoms with Crippen molar-refractivity contribution in [2.24, 2.45) is 13.0 Å². The van der Waals surface area contributed by atoms with Gasteiger partial charge < -0.3 is 19.5 Å². The predicted molar refractivity (Wildman–Crippen MR) is 96.5 cm³/mol. The van der Waals surface area contributed by atoms with E-state index in [2.05, 4.69) is 17.2 Å². The smallest absolute Gasteiger partial charge is 0.318 e. The highest BCUT2D eigenvalue weighted by Crippen LogP contribution is 2.24. The number of hydrogen-bond donors (Lipinski definition) is 1. The second kappa shape index (κ2) is 7.59. The Morgan fingerprint density at radius 2 is 2.12 bits per heavy atom. The minimum absolute atomic E-state index is 0.0321. The first-order valence-electron chi connectivity index (χ1n) is 8.75. The standard InChI is InChI=1S/C19H26N4O2/c1-14-5-4-11-23(13-14)19(24)21-17(18-20-10-12-22(18)2)15-6-8-16(25-3)9-7-15/h6-10,12,14,17H,4-5,11,13H2,1-3H3,(H,21,24). The summed E-state index contributed by atoms with van der Waals surface area (Å²) in [5.41, 5.74) is 0.980. The number of carbonyl (C=O) groups is 1. The summed E-state index contributed by atoms with van der Waals surface area (Å²) in [7, 11) is 3.58. The summed E-state index contributed by atoms with van der Waals surface area (Å²) in [5, 5.41) is 3.17. The predicted octanol–water partition coefficient (Wildman–Crippen LogP) is 2.96. The number of benzene rings is 1. The Kier molecular flexibility index (Phi) is 5.26. The lowest BCUT2D eigenvalue weighted by molar-refractivity contribution is 0.167. The number of nitrogens with zero attached hydrogens (tertiary/aromatic N) is 3. The maximum atomic E-state index is 12.8. The van der Waals surface area contributed by atoms with Gasteiger partial charge in [-0.3, -0.25) is 0 Å². The van der Waals surface area contributed by atoms with Crippen LogP contribution in [0.15, 0.2) is 36.7 Å². The number of imidazole rings is 1. The molecule has 134 valence electrons. The van der Waals surface area contributed by atoms with Gasteiger partial charge in [0.15, 0.2) is 0 Å². The molecule has 2 amide bonds. The molecule has 2 heterocycles. The van der Waals surface area contributed by atoms with Crippen molar-refractivity contribution in [3.05, 3.63) is 48.0 Å². The topological polar surface area (TPSA) is 59.4 Å². The summed E-state index contributed by atoms with van der Waals surface area (Å²) in [6.45, 7) is 3.81. The summed E-state index contributed by atoms with van der Waals surface area (Å²) < 4.78 is 7.17. The van der Waals surface area contributed by atoms with Crippen molar-refractivity contribution in [3.63, 3.8) is 0 Å². The third-order valence-electron chi connectivity index (χ3n) is 4.78. The molecule has 0 spiro atoms. The Morgan fingerprint density at radius 1 is 1.36 bits per heavy atom. The second-order valence-electron chi connectivity index (χ2n) is 6.75. The van der Waals surface area contributed by atoms with Crippen molar-refractivity contribution in [2.45, 2.75) is 25.8 Å². The van der Waals surface area contributed by atoms with Gasteiger partial charge in [-0.1, -0.05) is 19.1 Å². The lowest BCUT2D eigenvalue weighted by atomic mass is 10.0. The molecule has 0 saturated carbocycles. The molecule has 0 bridgehead atoms. The van der Waals surface area contributed by atoms with E-state index in [0.29, 0.717) is 5.92 Å². The fraction of sp³-hybridized carbons (Fsp3) is 0.474. The molecule has 25 heavy (non-hydrogen) atoms. The van der Waals surface area contributed by atoms with E-state index < -0.39 is 0 Å². The summed E-state index contributed by atoms with van der Waals surface area (Å²) in [5.74, 6) is 2.15. The Bertz CT molecular complexity index is 710. The van der Waals surface area contributed by atoms with E-state index in [1.807, 2.05) is 47.0 Å². The molecule has 6 nitrogen and oxygen atoms in total. The second-order valence-corrected chi connectivity index (χ2v) is 6.75. The molecule has 1 saturated heterocycles. The first kappa shape index (κ1) is 17.3. The highest BCUT2D eigenvalue weighted by Gasteiger charge is 2.26. The van der Waals surface area contributed by atoms with E-state index in [0.717, 1.165) is 36.6 Å². The van der Waals surface area contributed by atoms with Gasteiger partial charge in [-0.2, -0.15) is 0 Å². The van der Waals surface area contributed by atoms with Crippen molar-refractivity contribution in [1.29, 1.82) is 0 Å². The number of urea groups is 1. The largest absolute Gasteiger partial charge is 0.497 e. The molecule has 1 aliphatic rings. The number of nitrogens with one attached hydrogen (secondary N) is 1. The molecule has 2 unspecified atom stereocenters. The minimum atomic E-state index is -0.296. The third-order valence-corrected chi connectivity index (χ3v) is 4.78. The molecule has 1 aromatic heterocycles. The number of likely N-dealkylation sites (tertiary alicyclic amines) is 1. The normalized spacial score (nSPS) is 18.7. The fourth-order valence-electron chi connectivity index (χ4n) is 3.34. The fourth-order valence-corrected chi connectivity index (χ4v) is 3.34. The van der Waals surface area contributed by atoms with Crippen LogP contribution in [0.4, 0.5) is 4.79 Å². The van der Waals surface area contributed by atoms with E-state index in [4.69, 9.17) is 4.74 Å². The Labute approximate surface area is 148 Å². The number of ether oxygens (including phenoxy) is 1. The van der Waals surface area contributed by atoms with Crippen LogP contribution < -0.4 is 10.1 Å². The molecule has 0 radical (unpaired) electrons. The molecule has 0 aliphatic carbocycles. The average molecular weight is 342 g/mol. The van der Waals surface area contributed by atoms with E-state index >= 15 is 0 Å². The van der Waals surface area contributed by atoms with Crippen LogP contribution in [0.1, 0.15) is 37.2 Å². The van der Waals surface area contributed by atoms with E-state index in [1.165, 1.54) is 6.42 Å². The molecule has 2 aromatic rings. The number of aromatic nitrogens is 2. The lowest BCUT2D eigenvalue weighted by Gasteiger charge is -2.32. The quantitative estimate of drug-likeness (QED) is 0.929. The van der Waals surface area contributed by atoms with Gasteiger partial charge in [0.1, 0.15) is 17.6 Å². The van der Waals surface area contributed by atoms with Gasteiger partial charge in [-0.25, -0.2) is 9.78 Å². The molecular weight excluding hydrogens is 316 g/mol. The van der Waals surface area contributed by atoms with Crippen LogP contribution in [0, 0.1) is 5.92 Å². The van der Waals surface area contributed by atoms with Crippen LogP contribution in [0.2, 0.25) is 0 Å². The zero-order chi connectivity index (χ0) is 17.8. The highest BCUT2D eigenvalue weighted by atomic mass is 16.5. The van der Waals surface area contributed by atoms with E-state index in [-0.39, 0.29) is 12.1 Å². The van der Waals surface area contributed by atoms with Crippen molar-refractivity contribution >= 4 is 6.03 Å². The molecule has 1 fully saturated rings. The molecular formula is C19H26N4O2. The average Bonchev–Trinajstić information content (AvgIpc) is 3.05. The number of methoxy groups -OCH3 is 1. The van der Waals surface area contributed by atoms with Gasteiger partial charge in [-0.05, 0) is 36.5 Å². The summed E-state index contributed by atoms with van der Waals surface area (Å²) >= 11 is 0. The number of aryl methyl sites for hydroxylation is 1. The molecule has 1 aliphatic heterocycles. The summed E-state index contributed by atoms with van der Waals surface area (Å²) in [6.07, 6.45) is 5.89. The van der Waals surface area contributed by atoms with Crippen LogP contribution in [0.5, 0.6) is 5.75 Å². The maximum Gasteiger partial charge on any atom is 0.318 e. The van der Waals surface area contributed by atoms with Gasteiger partial charge >= 0.3 is 6.03 Å². The zero-order valence-electron chi connectivity index (χ0n) is 15.1. The van der Waals surface area contributed by atoms with Gasteiger partial charge in [0.25, 0.3) is 0 Å². The van der Waals surface area contributed by atoms with E-state index in [9.17, 15) is 4.79 Å². The van der Waals surface area contributed by atoms with Gasteiger partial charge in [0, 0.05) is 32.5 Å². The first-order chi connectivity index (χ1) is 12.1. The van der Waals surface area contributed by atoms with Crippen LogP contribution in [0.3, 0.4) is 0 Å². The lowest BCUT2D eigenvalue weighted by Crippen LogP contribution is -2.46.